The van der Waals surface area contributed by atoms with E-state index in [0.29, 0.717) is 16.5 Å². The smallest absolute Gasteiger partial charge is 0.416 e. The van der Waals surface area contributed by atoms with Gasteiger partial charge in [-0.3, -0.25) is 0 Å². The molecule has 2 aromatic carbocycles. The van der Waals surface area contributed by atoms with Crippen molar-refractivity contribution in [3.8, 4) is 0 Å². The first-order valence-electron chi connectivity index (χ1n) is 6.94. The average Bonchev–Trinajstić information content (AvgIpc) is 2.85. The Balaban J connectivity index is 2.03. The maximum atomic E-state index is 13.3. The zero-order chi connectivity index (χ0) is 17.5. The summed E-state index contributed by atoms with van der Waals surface area (Å²) < 4.78 is 52.5. The van der Waals surface area contributed by atoms with Crippen molar-refractivity contribution in [2.24, 2.45) is 0 Å². The molecule has 0 saturated heterocycles. The summed E-state index contributed by atoms with van der Waals surface area (Å²) >= 11 is 0. The number of benzene rings is 2. The van der Waals surface area contributed by atoms with Crippen LogP contribution < -0.4 is 0 Å². The monoisotopic (exact) mass is 337 g/mol. The molecule has 1 aromatic heterocycles. The minimum absolute atomic E-state index is 0.0597. The lowest BCUT2D eigenvalue weighted by atomic mass is 10.1. The van der Waals surface area contributed by atoms with Gasteiger partial charge in [-0.1, -0.05) is 12.1 Å². The maximum absolute atomic E-state index is 13.3. The molecule has 0 aliphatic carbocycles. The van der Waals surface area contributed by atoms with Crippen LogP contribution in [0.3, 0.4) is 0 Å². The fourth-order valence-electron chi connectivity index (χ4n) is 2.57. The summed E-state index contributed by atoms with van der Waals surface area (Å²) in [5, 5.41) is 9.72. The van der Waals surface area contributed by atoms with Crippen molar-refractivity contribution in [1.29, 1.82) is 0 Å². The minimum Gasteiger partial charge on any atom is -0.477 e. The van der Waals surface area contributed by atoms with Crippen molar-refractivity contribution in [2.75, 3.05) is 0 Å². The molecule has 0 amide bonds. The fourth-order valence-corrected chi connectivity index (χ4v) is 2.57. The highest BCUT2D eigenvalue weighted by molar-refractivity contribution is 5.94. The van der Waals surface area contributed by atoms with Gasteiger partial charge in [-0.15, -0.1) is 0 Å². The number of hydrogen-bond acceptors (Lipinski definition) is 1. The van der Waals surface area contributed by atoms with Crippen LogP contribution in [0.15, 0.2) is 48.5 Å². The minimum atomic E-state index is -4.43. The molecule has 24 heavy (non-hydrogen) atoms. The molecule has 3 aromatic rings. The zero-order valence-corrected chi connectivity index (χ0v) is 12.1. The molecule has 0 aliphatic rings. The van der Waals surface area contributed by atoms with Gasteiger partial charge in [0, 0.05) is 17.4 Å². The topological polar surface area (TPSA) is 42.2 Å². The van der Waals surface area contributed by atoms with E-state index < -0.39 is 23.5 Å². The number of nitrogens with zero attached hydrogens (tertiary/aromatic N) is 1. The van der Waals surface area contributed by atoms with Gasteiger partial charge in [0.05, 0.1) is 5.56 Å². The molecule has 1 heterocycles. The third kappa shape index (κ3) is 2.97. The summed E-state index contributed by atoms with van der Waals surface area (Å²) in [6, 6.07) is 9.68. The van der Waals surface area contributed by atoms with Gasteiger partial charge >= 0.3 is 12.1 Å². The lowest BCUT2D eigenvalue weighted by Crippen LogP contribution is -2.10. The van der Waals surface area contributed by atoms with Crippen LogP contribution >= 0.6 is 0 Å². The number of alkyl halides is 3. The van der Waals surface area contributed by atoms with E-state index in [9.17, 15) is 27.5 Å². The van der Waals surface area contributed by atoms with Crippen molar-refractivity contribution in [3.05, 3.63) is 71.2 Å². The van der Waals surface area contributed by atoms with E-state index in [4.69, 9.17) is 0 Å². The first kappa shape index (κ1) is 16.0. The molecule has 124 valence electrons. The average molecular weight is 337 g/mol. The molecular formula is C17H11F4NO2. The molecule has 0 atom stereocenters. The Hall–Kier alpha value is -2.83. The van der Waals surface area contributed by atoms with Crippen molar-refractivity contribution < 1.29 is 27.5 Å². The molecule has 0 aliphatic heterocycles. The Bertz CT molecular complexity index is 911. The van der Waals surface area contributed by atoms with Crippen molar-refractivity contribution in [1.82, 2.24) is 4.57 Å². The Labute approximate surface area is 133 Å². The number of hydrogen-bond donors (Lipinski definition) is 1. The van der Waals surface area contributed by atoms with Crippen molar-refractivity contribution in [3.63, 3.8) is 0 Å². The molecule has 0 unspecified atom stereocenters. The van der Waals surface area contributed by atoms with Gasteiger partial charge in [0.1, 0.15) is 11.5 Å². The molecule has 0 bridgehead atoms. The molecule has 0 radical (unpaired) electrons. The van der Waals surface area contributed by atoms with Gasteiger partial charge < -0.3 is 9.67 Å². The van der Waals surface area contributed by atoms with Crippen molar-refractivity contribution >= 4 is 16.9 Å². The molecular weight excluding hydrogens is 326 g/mol. The number of carboxylic acids is 1. The van der Waals surface area contributed by atoms with E-state index in [1.54, 1.807) is 0 Å². The summed E-state index contributed by atoms with van der Waals surface area (Å²) in [5.41, 5.74) is 0.167. The molecule has 1 N–H and O–H groups in total. The third-order valence-electron chi connectivity index (χ3n) is 3.70. The second-order valence-corrected chi connectivity index (χ2v) is 5.32. The molecule has 0 saturated carbocycles. The van der Waals surface area contributed by atoms with E-state index in [2.05, 4.69) is 0 Å². The van der Waals surface area contributed by atoms with Gasteiger partial charge in [-0.25, -0.2) is 9.18 Å². The largest absolute Gasteiger partial charge is 0.477 e. The number of rotatable bonds is 3. The Morgan fingerprint density at radius 3 is 2.29 bits per heavy atom. The number of fused-ring (bicyclic) bond motifs is 1. The number of aromatic carboxylic acids is 1. The lowest BCUT2D eigenvalue weighted by Gasteiger charge is -2.11. The Morgan fingerprint density at radius 1 is 1.04 bits per heavy atom. The first-order valence-corrected chi connectivity index (χ1v) is 6.94. The number of aromatic nitrogens is 1. The Morgan fingerprint density at radius 2 is 1.71 bits per heavy atom. The molecule has 0 spiro atoms. The molecule has 3 nitrogen and oxygen atoms in total. The first-order chi connectivity index (χ1) is 11.3. The number of carbonyl (C=O) groups is 1. The van der Waals surface area contributed by atoms with E-state index in [1.807, 2.05) is 0 Å². The molecule has 0 fully saturated rings. The molecule has 7 heteroatoms. The van der Waals surface area contributed by atoms with E-state index in [1.165, 1.54) is 41.0 Å². The van der Waals surface area contributed by atoms with E-state index >= 15 is 0 Å². The highest BCUT2D eigenvalue weighted by atomic mass is 19.4. The van der Waals surface area contributed by atoms with E-state index in [0.717, 1.165) is 12.1 Å². The van der Waals surface area contributed by atoms with E-state index in [-0.39, 0.29) is 12.2 Å². The summed E-state index contributed by atoms with van der Waals surface area (Å²) in [6.07, 6.45) is -4.43. The predicted octanol–water partition coefficient (Wildman–Crippen LogP) is 4.55. The summed E-state index contributed by atoms with van der Waals surface area (Å²) in [4.78, 5) is 11.4. The zero-order valence-electron chi connectivity index (χ0n) is 12.1. The maximum Gasteiger partial charge on any atom is 0.416 e. The van der Waals surface area contributed by atoms with Crippen LogP contribution in [0.1, 0.15) is 21.6 Å². The molecule has 3 rings (SSSR count). The standard InChI is InChI=1S/C17H11F4NO2/c18-13-5-6-14-11(7-13)8-15(16(23)24)22(14)9-10-1-3-12(4-2-10)17(19,20)21/h1-8H,9H2,(H,23,24). The lowest BCUT2D eigenvalue weighted by molar-refractivity contribution is -0.137. The Kier molecular flexibility index (Phi) is 3.79. The number of halogens is 4. The second kappa shape index (κ2) is 5.67. The number of carboxylic acid groups (broad SMARTS) is 1. The van der Waals surface area contributed by atoms with Gasteiger partial charge in [0.2, 0.25) is 0 Å². The highest BCUT2D eigenvalue weighted by Gasteiger charge is 2.30. The normalized spacial score (nSPS) is 11.8. The van der Waals surface area contributed by atoms with Crippen LogP contribution in [0.5, 0.6) is 0 Å². The van der Waals surface area contributed by atoms with Crippen LogP contribution in [0.25, 0.3) is 10.9 Å². The quantitative estimate of drug-likeness (QED) is 0.713. The van der Waals surface area contributed by atoms with Gasteiger partial charge in [-0.2, -0.15) is 13.2 Å². The van der Waals surface area contributed by atoms with Crippen LogP contribution in [-0.2, 0) is 12.7 Å². The predicted molar refractivity (Wildman–Crippen MR) is 79.4 cm³/mol. The van der Waals surface area contributed by atoms with Gasteiger partial charge in [0.15, 0.2) is 0 Å². The van der Waals surface area contributed by atoms with Crippen LogP contribution in [-0.4, -0.2) is 15.6 Å². The summed E-state index contributed by atoms with van der Waals surface area (Å²) in [6.45, 7) is 0.0644. The van der Waals surface area contributed by atoms with Crippen LogP contribution in [0, 0.1) is 5.82 Å². The van der Waals surface area contributed by atoms with Crippen LogP contribution in [0.4, 0.5) is 17.6 Å². The van der Waals surface area contributed by atoms with Crippen LogP contribution in [0.2, 0.25) is 0 Å². The fraction of sp³-hybridized carbons (Fsp3) is 0.118. The second-order valence-electron chi connectivity index (χ2n) is 5.32. The van der Waals surface area contributed by atoms with Gasteiger partial charge in [0.25, 0.3) is 0 Å². The SMILES string of the molecule is O=C(O)c1cc2cc(F)ccc2n1Cc1ccc(C(F)(F)F)cc1. The highest BCUT2D eigenvalue weighted by Crippen LogP contribution is 2.29. The van der Waals surface area contributed by atoms with Gasteiger partial charge in [-0.05, 0) is 42.0 Å². The summed E-state index contributed by atoms with van der Waals surface area (Å²) in [5.74, 6) is -1.69. The van der Waals surface area contributed by atoms with Crippen molar-refractivity contribution in [2.45, 2.75) is 12.7 Å². The summed E-state index contributed by atoms with van der Waals surface area (Å²) in [7, 11) is 0. The third-order valence-corrected chi connectivity index (χ3v) is 3.70.